The zero-order chi connectivity index (χ0) is 15.7. The largest absolute Gasteiger partial charge is 0.481 e. The zero-order valence-corrected chi connectivity index (χ0v) is 13.7. The van der Waals surface area contributed by atoms with E-state index in [2.05, 4.69) is 23.7 Å². The summed E-state index contributed by atoms with van der Waals surface area (Å²) in [6.45, 7) is 2.07. The number of thiophene rings is 2. The zero-order valence-electron chi connectivity index (χ0n) is 12.1. The lowest BCUT2D eigenvalue weighted by Gasteiger charge is -2.15. The van der Waals surface area contributed by atoms with Crippen LogP contribution in [0.3, 0.4) is 0 Å². The molecule has 0 aromatic carbocycles. The van der Waals surface area contributed by atoms with Gasteiger partial charge in [-0.1, -0.05) is 6.07 Å². The van der Waals surface area contributed by atoms with Crippen LogP contribution in [0.2, 0.25) is 0 Å². The molecule has 0 spiro atoms. The van der Waals surface area contributed by atoms with E-state index in [-0.39, 0.29) is 18.2 Å². The number of aliphatic carboxylic acids is 1. The SMILES string of the molecule is Cc1ccsc1[C@@H]1C[C@@H]1C(=O)N[C@H](CC(=O)O)c1cccs1. The maximum absolute atomic E-state index is 12.4. The lowest BCUT2D eigenvalue weighted by molar-refractivity contribution is -0.137. The molecule has 2 aromatic heterocycles. The molecular weight excluding hydrogens is 318 g/mol. The molecule has 1 saturated carbocycles. The van der Waals surface area contributed by atoms with Gasteiger partial charge in [0.2, 0.25) is 5.91 Å². The van der Waals surface area contributed by atoms with Crippen LogP contribution in [-0.4, -0.2) is 17.0 Å². The Morgan fingerprint density at radius 2 is 2.18 bits per heavy atom. The van der Waals surface area contributed by atoms with Gasteiger partial charge in [0.1, 0.15) is 0 Å². The van der Waals surface area contributed by atoms with Crippen LogP contribution in [0, 0.1) is 12.8 Å². The van der Waals surface area contributed by atoms with Crippen molar-refractivity contribution in [2.24, 2.45) is 5.92 Å². The van der Waals surface area contributed by atoms with Gasteiger partial charge in [-0.05, 0) is 41.8 Å². The smallest absolute Gasteiger partial charge is 0.305 e. The minimum Gasteiger partial charge on any atom is -0.481 e. The van der Waals surface area contributed by atoms with Crippen LogP contribution in [0.5, 0.6) is 0 Å². The van der Waals surface area contributed by atoms with E-state index in [4.69, 9.17) is 5.11 Å². The molecule has 6 heteroatoms. The molecule has 2 aromatic rings. The lowest BCUT2D eigenvalue weighted by atomic mass is 10.1. The maximum atomic E-state index is 12.4. The normalized spacial score (nSPS) is 21.3. The number of carbonyl (C=O) groups is 2. The predicted octanol–water partition coefficient (Wildman–Crippen LogP) is 3.55. The van der Waals surface area contributed by atoms with Crippen molar-refractivity contribution >= 4 is 34.6 Å². The van der Waals surface area contributed by atoms with E-state index in [1.807, 2.05) is 17.5 Å². The Hall–Kier alpha value is -1.66. The van der Waals surface area contributed by atoms with Gasteiger partial charge in [0.15, 0.2) is 0 Å². The lowest BCUT2D eigenvalue weighted by Crippen LogP contribution is -2.31. The number of carbonyl (C=O) groups excluding carboxylic acids is 1. The van der Waals surface area contributed by atoms with E-state index in [9.17, 15) is 9.59 Å². The Bertz CT molecular complexity index is 677. The Labute approximate surface area is 136 Å². The van der Waals surface area contributed by atoms with Crippen LogP contribution in [-0.2, 0) is 9.59 Å². The molecule has 116 valence electrons. The van der Waals surface area contributed by atoms with Gasteiger partial charge < -0.3 is 10.4 Å². The maximum Gasteiger partial charge on any atom is 0.305 e. The Kier molecular flexibility index (Phi) is 4.31. The van der Waals surface area contributed by atoms with Gasteiger partial charge in [0, 0.05) is 21.6 Å². The first-order valence-electron chi connectivity index (χ1n) is 7.16. The van der Waals surface area contributed by atoms with Crippen LogP contribution in [0.25, 0.3) is 0 Å². The highest BCUT2D eigenvalue weighted by molar-refractivity contribution is 7.10. The highest BCUT2D eigenvalue weighted by Crippen LogP contribution is 2.50. The van der Waals surface area contributed by atoms with Crippen molar-refractivity contribution < 1.29 is 14.7 Å². The molecule has 22 heavy (non-hydrogen) atoms. The fraction of sp³-hybridized carbons (Fsp3) is 0.375. The molecule has 2 heterocycles. The molecule has 0 saturated heterocycles. The Morgan fingerprint density at radius 3 is 2.77 bits per heavy atom. The fourth-order valence-corrected chi connectivity index (χ4v) is 4.59. The van der Waals surface area contributed by atoms with E-state index in [0.717, 1.165) is 11.3 Å². The third-order valence-corrected chi connectivity index (χ3v) is 6.08. The van der Waals surface area contributed by atoms with E-state index >= 15 is 0 Å². The second-order valence-electron chi connectivity index (χ2n) is 5.59. The summed E-state index contributed by atoms with van der Waals surface area (Å²) < 4.78 is 0. The number of aryl methyl sites for hydroxylation is 1. The number of nitrogens with one attached hydrogen (secondary N) is 1. The number of carboxylic acid groups (broad SMARTS) is 1. The number of carboxylic acids is 1. The van der Waals surface area contributed by atoms with Crippen molar-refractivity contribution in [1.29, 1.82) is 0 Å². The first kappa shape index (κ1) is 15.2. The molecule has 1 fully saturated rings. The van der Waals surface area contributed by atoms with E-state index < -0.39 is 12.0 Å². The summed E-state index contributed by atoms with van der Waals surface area (Å²) in [5.74, 6) is -0.653. The number of rotatable bonds is 6. The molecule has 0 bridgehead atoms. The monoisotopic (exact) mass is 335 g/mol. The van der Waals surface area contributed by atoms with Gasteiger partial charge in [-0.25, -0.2) is 0 Å². The average molecular weight is 335 g/mol. The summed E-state index contributed by atoms with van der Waals surface area (Å²) in [6, 6.07) is 5.38. The highest BCUT2D eigenvalue weighted by atomic mass is 32.1. The molecule has 0 aliphatic heterocycles. The third-order valence-electron chi connectivity index (χ3n) is 3.95. The van der Waals surface area contributed by atoms with E-state index in [1.54, 1.807) is 11.3 Å². The van der Waals surface area contributed by atoms with Crippen molar-refractivity contribution in [3.05, 3.63) is 44.3 Å². The summed E-state index contributed by atoms with van der Waals surface area (Å²) in [7, 11) is 0. The number of hydrogen-bond acceptors (Lipinski definition) is 4. The van der Waals surface area contributed by atoms with Crippen LogP contribution < -0.4 is 5.32 Å². The molecule has 2 N–H and O–H groups in total. The summed E-state index contributed by atoms with van der Waals surface area (Å²) >= 11 is 3.17. The molecule has 1 amide bonds. The average Bonchev–Trinajstić information content (AvgIpc) is 2.86. The predicted molar refractivity (Wildman–Crippen MR) is 87.4 cm³/mol. The fourth-order valence-electron chi connectivity index (χ4n) is 2.70. The third kappa shape index (κ3) is 3.23. The summed E-state index contributed by atoms with van der Waals surface area (Å²) in [4.78, 5) is 25.6. The van der Waals surface area contributed by atoms with Gasteiger partial charge >= 0.3 is 5.97 Å². The Morgan fingerprint density at radius 1 is 1.36 bits per heavy atom. The second kappa shape index (κ2) is 6.22. The van der Waals surface area contributed by atoms with Gasteiger partial charge in [0.25, 0.3) is 0 Å². The highest BCUT2D eigenvalue weighted by Gasteiger charge is 2.45. The van der Waals surface area contributed by atoms with E-state index in [0.29, 0.717) is 5.92 Å². The van der Waals surface area contributed by atoms with Crippen LogP contribution in [0.1, 0.15) is 40.1 Å². The molecule has 0 radical (unpaired) electrons. The summed E-state index contributed by atoms with van der Waals surface area (Å²) in [5.41, 5.74) is 1.24. The van der Waals surface area contributed by atoms with E-state index in [1.165, 1.54) is 21.8 Å². The molecule has 4 nitrogen and oxygen atoms in total. The van der Waals surface area contributed by atoms with Crippen LogP contribution in [0.4, 0.5) is 0 Å². The standard InChI is InChI=1S/C16H17NO3S2/c1-9-4-6-22-15(9)10-7-11(10)16(20)17-12(8-14(18)19)13-3-2-5-21-13/h2-6,10-12H,7-8H2,1H3,(H,17,20)(H,18,19)/t10-,11+,12-/m1/s1. The molecule has 3 rings (SSSR count). The van der Waals surface area contributed by atoms with Gasteiger partial charge in [-0.3, -0.25) is 9.59 Å². The minimum absolute atomic E-state index is 0.0198. The topological polar surface area (TPSA) is 66.4 Å². The molecule has 1 aliphatic rings. The number of hydrogen-bond donors (Lipinski definition) is 2. The van der Waals surface area contributed by atoms with Crippen molar-refractivity contribution in [3.63, 3.8) is 0 Å². The van der Waals surface area contributed by atoms with Crippen molar-refractivity contribution in [3.8, 4) is 0 Å². The molecule has 1 aliphatic carbocycles. The summed E-state index contributed by atoms with van der Waals surface area (Å²) in [5, 5.41) is 15.9. The molecular formula is C16H17NO3S2. The Balaban J connectivity index is 1.65. The minimum atomic E-state index is -0.903. The van der Waals surface area contributed by atoms with Crippen molar-refractivity contribution in [2.75, 3.05) is 0 Å². The quantitative estimate of drug-likeness (QED) is 0.848. The summed E-state index contributed by atoms with van der Waals surface area (Å²) in [6.07, 6.45) is 0.777. The first-order valence-corrected chi connectivity index (χ1v) is 8.91. The number of amides is 1. The first-order chi connectivity index (χ1) is 10.6. The van der Waals surface area contributed by atoms with Crippen molar-refractivity contribution in [2.45, 2.75) is 31.7 Å². The second-order valence-corrected chi connectivity index (χ2v) is 7.52. The molecule has 0 unspecified atom stereocenters. The van der Waals surface area contributed by atoms with Gasteiger partial charge in [-0.2, -0.15) is 0 Å². The van der Waals surface area contributed by atoms with Crippen LogP contribution in [0.15, 0.2) is 29.0 Å². The van der Waals surface area contributed by atoms with Crippen molar-refractivity contribution in [1.82, 2.24) is 5.32 Å². The molecule has 3 atom stereocenters. The van der Waals surface area contributed by atoms with Crippen LogP contribution >= 0.6 is 22.7 Å². The van der Waals surface area contributed by atoms with Gasteiger partial charge in [0.05, 0.1) is 12.5 Å². The van der Waals surface area contributed by atoms with Gasteiger partial charge in [-0.15, -0.1) is 22.7 Å².